The van der Waals surface area contributed by atoms with Gasteiger partial charge in [0, 0.05) is 32.0 Å². The van der Waals surface area contributed by atoms with Crippen LogP contribution in [-0.2, 0) is 9.59 Å². The van der Waals surface area contributed by atoms with Crippen molar-refractivity contribution in [1.82, 2.24) is 14.8 Å². The highest BCUT2D eigenvalue weighted by molar-refractivity contribution is 5.99. The number of nitrogens with zero attached hydrogens (tertiary/aromatic N) is 3. The number of carboxylic acids is 1. The number of carbonyl (C=O) groups excluding carboxylic acids is 2. The molecule has 0 spiro atoms. The second kappa shape index (κ2) is 6.36. The lowest BCUT2D eigenvalue weighted by Crippen LogP contribution is -2.59. The summed E-state index contributed by atoms with van der Waals surface area (Å²) < 4.78 is 0. The third kappa shape index (κ3) is 3.49. The van der Waals surface area contributed by atoms with Gasteiger partial charge in [-0.15, -0.1) is 0 Å². The Balaban J connectivity index is 1.79. The zero-order valence-electron chi connectivity index (χ0n) is 12.7. The summed E-state index contributed by atoms with van der Waals surface area (Å²) in [5.74, 6) is -1.16. The molecule has 1 saturated heterocycles. The van der Waals surface area contributed by atoms with Crippen LogP contribution in [0.1, 0.15) is 29.6 Å². The first kappa shape index (κ1) is 15.5. The van der Waals surface area contributed by atoms with E-state index in [1.165, 1.54) is 11.1 Å². The van der Waals surface area contributed by atoms with Crippen LogP contribution in [0.25, 0.3) is 0 Å². The van der Waals surface area contributed by atoms with Gasteiger partial charge in [0.05, 0.1) is 12.0 Å². The lowest BCUT2D eigenvalue weighted by molar-refractivity contribution is -0.148. The van der Waals surface area contributed by atoms with Crippen molar-refractivity contribution in [1.29, 1.82) is 0 Å². The zero-order chi connectivity index (χ0) is 16.4. The molecular weight excluding hydrogens is 298 g/mol. The van der Waals surface area contributed by atoms with E-state index in [-0.39, 0.29) is 18.2 Å². The average Bonchev–Trinajstić information content (AvgIpc) is 3.35. The molecule has 2 heterocycles. The molecule has 2 aliphatic rings. The summed E-state index contributed by atoms with van der Waals surface area (Å²) in [7, 11) is 0. The van der Waals surface area contributed by atoms with Crippen molar-refractivity contribution in [2.75, 3.05) is 19.6 Å². The smallest absolute Gasteiger partial charge is 0.305 e. The number of carbonyl (C=O) groups is 3. The molecule has 0 bridgehead atoms. The van der Waals surface area contributed by atoms with Gasteiger partial charge in [-0.05, 0) is 30.9 Å². The Hall–Kier alpha value is -2.44. The molecule has 0 aromatic carbocycles. The number of rotatable bonds is 5. The van der Waals surface area contributed by atoms with Gasteiger partial charge in [0.15, 0.2) is 0 Å². The Morgan fingerprint density at radius 1 is 1.30 bits per heavy atom. The van der Waals surface area contributed by atoms with Crippen LogP contribution in [0.3, 0.4) is 0 Å². The maximum absolute atomic E-state index is 12.6. The first-order valence-electron chi connectivity index (χ1n) is 7.78. The van der Waals surface area contributed by atoms with Gasteiger partial charge in [-0.3, -0.25) is 19.4 Å². The summed E-state index contributed by atoms with van der Waals surface area (Å²) >= 11 is 0. The number of piperazine rings is 1. The van der Waals surface area contributed by atoms with Gasteiger partial charge in [0.2, 0.25) is 5.91 Å². The molecule has 122 valence electrons. The van der Waals surface area contributed by atoms with Gasteiger partial charge < -0.3 is 14.9 Å². The largest absolute Gasteiger partial charge is 0.481 e. The van der Waals surface area contributed by atoms with E-state index in [0.717, 1.165) is 12.8 Å². The van der Waals surface area contributed by atoms with Crippen molar-refractivity contribution in [3.63, 3.8) is 0 Å². The van der Waals surface area contributed by atoms with E-state index in [9.17, 15) is 14.4 Å². The molecule has 3 rings (SSSR count). The van der Waals surface area contributed by atoms with Crippen molar-refractivity contribution >= 4 is 17.8 Å². The third-order valence-corrected chi connectivity index (χ3v) is 4.30. The minimum Gasteiger partial charge on any atom is -0.481 e. The molecule has 1 N–H and O–H groups in total. The lowest BCUT2D eigenvalue weighted by atomic mass is 10.1. The van der Waals surface area contributed by atoms with Crippen LogP contribution in [0, 0.1) is 5.92 Å². The molecule has 1 aromatic rings. The standard InChI is InChI=1S/C16H19N3O4/c20-14(21)8-13-16(23)18(10-11-3-4-11)6-7-19(13)15(22)12-2-1-5-17-9-12/h1-2,5,9,11,13H,3-4,6-8,10H2,(H,20,21). The highest BCUT2D eigenvalue weighted by Crippen LogP contribution is 2.31. The highest BCUT2D eigenvalue weighted by atomic mass is 16.4. The van der Waals surface area contributed by atoms with E-state index in [1.54, 1.807) is 23.2 Å². The minimum absolute atomic E-state index is 0.261. The maximum Gasteiger partial charge on any atom is 0.305 e. The Bertz CT molecular complexity index is 615. The van der Waals surface area contributed by atoms with Crippen molar-refractivity contribution in [2.24, 2.45) is 5.92 Å². The molecule has 1 aromatic heterocycles. The van der Waals surface area contributed by atoms with Crippen LogP contribution in [0.2, 0.25) is 0 Å². The highest BCUT2D eigenvalue weighted by Gasteiger charge is 2.40. The Morgan fingerprint density at radius 2 is 2.09 bits per heavy atom. The Morgan fingerprint density at radius 3 is 2.70 bits per heavy atom. The summed E-state index contributed by atoms with van der Waals surface area (Å²) in [6.45, 7) is 1.48. The molecule has 23 heavy (non-hydrogen) atoms. The van der Waals surface area contributed by atoms with Crippen molar-refractivity contribution in [3.05, 3.63) is 30.1 Å². The summed E-state index contributed by atoms with van der Waals surface area (Å²) in [5.41, 5.74) is 0.367. The molecule has 2 fully saturated rings. The normalized spacial score (nSPS) is 21.4. The van der Waals surface area contributed by atoms with Crippen LogP contribution < -0.4 is 0 Å². The van der Waals surface area contributed by atoms with E-state index in [2.05, 4.69) is 4.98 Å². The Labute approximate surface area is 133 Å². The van der Waals surface area contributed by atoms with E-state index in [1.807, 2.05) is 0 Å². The molecule has 1 aliphatic carbocycles. The fourth-order valence-electron chi connectivity index (χ4n) is 2.89. The fourth-order valence-corrected chi connectivity index (χ4v) is 2.89. The number of aliphatic carboxylic acids is 1. The zero-order valence-corrected chi connectivity index (χ0v) is 12.7. The fraction of sp³-hybridized carbons (Fsp3) is 0.500. The van der Waals surface area contributed by atoms with Crippen molar-refractivity contribution in [3.8, 4) is 0 Å². The number of hydrogen-bond acceptors (Lipinski definition) is 4. The topological polar surface area (TPSA) is 90.8 Å². The van der Waals surface area contributed by atoms with Crippen LogP contribution in [0.5, 0.6) is 0 Å². The first-order valence-corrected chi connectivity index (χ1v) is 7.78. The third-order valence-electron chi connectivity index (χ3n) is 4.30. The molecule has 1 saturated carbocycles. The second-order valence-corrected chi connectivity index (χ2v) is 6.08. The van der Waals surface area contributed by atoms with E-state index in [0.29, 0.717) is 31.1 Å². The minimum atomic E-state index is -1.08. The second-order valence-electron chi connectivity index (χ2n) is 6.08. The van der Waals surface area contributed by atoms with Gasteiger partial charge >= 0.3 is 5.97 Å². The predicted octanol–water partition coefficient (Wildman–Crippen LogP) is 0.619. The monoisotopic (exact) mass is 317 g/mol. The number of amides is 2. The van der Waals surface area contributed by atoms with E-state index < -0.39 is 12.0 Å². The predicted molar refractivity (Wildman–Crippen MR) is 80.6 cm³/mol. The molecule has 1 atom stereocenters. The SMILES string of the molecule is O=C(O)CC1C(=O)N(CC2CC2)CCN1C(=O)c1cccnc1. The van der Waals surface area contributed by atoms with E-state index in [4.69, 9.17) is 5.11 Å². The Kier molecular flexibility index (Phi) is 4.27. The summed E-state index contributed by atoms with van der Waals surface area (Å²) in [4.78, 5) is 43.3. The van der Waals surface area contributed by atoms with Gasteiger partial charge in [-0.2, -0.15) is 0 Å². The van der Waals surface area contributed by atoms with Crippen LogP contribution in [0.4, 0.5) is 0 Å². The quantitative estimate of drug-likeness (QED) is 0.859. The number of hydrogen-bond donors (Lipinski definition) is 1. The molecule has 7 nitrogen and oxygen atoms in total. The van der Waals surface area contributed by atoms with Gasteiger partial charge in [0.25, 0.3) is 5.91 Å². The van der Waals surface area contributed by atoms with Gasteiger partial charge in [-0.1, -0.05) is 0 Å². The van der Waals surface area contributed by atoms with E-state index >= 15 is 0 Å². The maximum atomic E-state index is 12.6. The molecule has 1 unspecified atom stereocenters. The summed E-state index contributed by atoms with van der Waals surface area (Å²) in [6, 6.07) is 2.33. The van der Waals surface area contributed by atoms with Crippen LogP contribution in [-0.4, -0.2) is 63.4 Å². The van der Waals surface area contributed by atoms with Gasteiger partial charge in [0.1, 0.15) is 6.04 Å². The molecular formula is C16H19N3O4. The average molecular weight is 317 g/mol. The molecule has 2 amide bonds. The molecule has 1 aliphatic heterocycles. The first-order chi connectivity index (χ1) is 11.1. The van der Waals surface area contributed by atoms with Crippen LogP contribution >= 0.6 is 0 Å². The van der Waals surface area contributed by atoms with Crippen LogP contribution in [0.15, 0.2) is 24.5 Å². The van der Waals surface area contributed by atoms with Crippen molar-refractivity contribution < 1.29 is 19.5 Å². The summed E-state index contributed by atoms with van der Waals surface area (Å²) in [6.07, 6.45) is 4.86. The summed E-state index contributed by atoms with van der Waals surface area (Å²) in [5, 5.41) is 9.11. The number of carboxylic acid groups (broad SMARTS) is 1. The number of pyridine rings is 1. The lowest BCUT2D eigenvalue weighted by Gasteiger charge is -2.40. The van der Waals surface area contributed by atoms with Gasteiger partial charge in [-0.25, -0.2) is 0 Å². The number of aromatic nitrogens is 1. The van der Waals surface area contributed by atoms with Crippen molar-refractivity contribution in [2.45, 2.75) is 25.3 Å². The molecule has 7 heteroatoms. The molecule has 0 radical (unpaired) electrons.